The van der Waals surface area contributed by atoms with E-state index in [1.807, 2.05) is 0 Å². The Labute approximate surface area is 104 Å². The molecule has 0 spiro atoms. The van der Waals surface area contributed by atoms with Gasteiger partial charge in [0, 0.05) is 22.7 Å². The number of esters is 1. The predicted molar refractivity (Wildman–Crippen MR) is 57.7 cm³/mol. The molecule has 0 saturated carbocycles. The van der Waals surface area contributed by atoms with Crippen LogP contribution in [-0.4, -0.2) is 17.6 Å². The fourth-order valence-corrected chi connectivity index (χ4v) is 1.82. The zero-order valence-electron chi connectivity index (χ0n) is 8.84. The van der Waals surface area contributed by atoms with E-state index in [-0.39, 0.29) is 17.5 Å². The molecule has 0 amide bonds. The Morgan fingerprint density at radius 1 is 1.59 bits per heavy atom. The van der Waals surface area contributed by atoms with E-state index in [4.69, 9.17) is 0 Å². The molecule has 1 aromatic rings. The standard InChI is InChI=1S/C10H9BrF3NO2/c1-2-17-10(16)6-4-15-9(14)5(3-11)7(6)8(12)13/h4,8H,2-3H2,1H3. The number of aromatic nitrogens is 1. The number of rotatable bonds is 4. The van der Waals surface area contributed by atoms with Crippen molar-refractivity contribution in [2.75, 3.05) is 6.61 Å². The minimum Gasteiger partial charge on any atom is -0.462 e. The van der Waals surface area contributed by atoms with E-state index in [1.54, 1.807) is 6.92 Å². The number of alkyl halides is 3. The van der Waals surface area contributed by atoms with Gasteiger partial charge in [-0.15, -0.1) is 0 Å². The molecule has 0 bridgehead atoms. The number of halogens is 4. The average Bonchev–Trinajstić information content (AvgIpc) is 2.28. The molecule has 17 heavy (non-hydrogen) atoms. The van der Waals surface area contributed by atoms with E-state index in [0.29, 0.717) is 0 Å². The third kappa shape index (κ3) is 2.96. The average molecular weight is 312 g/mol. The Morgan fingerprint density at radius 3 is 2.71 bits per heavy atom. The van der Waals surface area contributed by atoms with Gasteiger partial charge < -0.3 is 4.74 Å². The summed E-state index contributed by atoms with van der Waals surface area (Å²) in [6, 6.07) is 0. The van der Waals surface area contributed by atoms with Gasteiger partial charge in [-0.05, 0) is 6.92 Å². The summed E-state index contributed by atoms with van der Waals surface area (Å²) in [5, 5.41) is -0.154. The Hall–Kier alpha value is -1.11. The van der Waals surface area contributed by atoms with E-state index in [0.717, 1.165) is 6.20 Å². The molecule has 1 aromatic heterocycles. The molecule has 0 atom stereocenters. The van der Waals surface area contributed by atoms with Crippen LogP contribution in [0.2, 0.25) is 0 Å². The van der Waals surface area contributed by atoms with Crippen molar-refractivity contribution < 1.29 is 22.7 Å². The largest absolute Gasteiger partial charge is 0.462 e. The zero-order chi connectivity index (χ0) is 13.0. The first-order valence-corrected chi connectivity index (χ1v) is 5.83. The molecule has 0 fully saturated rings. The van der Waals surface area contributed by atoms with Crippen molar-refractivity contribution in [2.24, 2.45) is 0 Å². The highest BCUT2D eigenvalue weighted by atomic mass is 79.9. The summed E-state index contributed by atoms with van der Waals surface area (Å²) in [5.41, 5.74) is -1.41. The van der Waals surface area contributed by atoms with Gasteiger partial charge in [0.1, 0.15) is 0 Å². The molecular formula is C10H9BrF3NO2. The molecule has 0 saturated heterocycles. The highest BCUT2D eigenvalue weighted by Crippen LogP contribution is 2.29. The number of nitrogens with zero attached hydrogens (tertiary/aromatic N) is 1. The lowest BCUT2D eigenvalue weighted by molar-refractivity contribution is 0.0514. The normalized spacial score (nSPS) is 10.7. The molecule has 94 valence electrons. The molecule has 0 aliphatic carbocycles. The van der Waals surface area contributed by atoms with Crippen LogP contribution in [0.5, 0.6) is 0 Å². The third-order valence-corrected chi connectivity index (χ3v) is 2.58. The lowest BCUT2D eigenvalue weighted by atomic mass is 10.1. The monoisotopic (exact) mass is 311 g/mol. The maximum absolute atomic E-state index is 13.2. The quantitative estimate of drug-likeness (QED) is 0.487. The van der Waals surface area contributed by atoms with Gasteiger partial charge in [0.25, 0.3) is 6.43 Å². The van der Waals surface area contributed by atoms with E-state index in [1.165, 1.54) is 0 Å². The van der Waals surface area contributed by atoms with Crippen molar-refractivity contribution in [3.63, 3.8) is 0 Å². The maximum atomic E-state index is 13.2. The number of ether oxygens (including phenoxy) is 1. The van der Waals surface area contributed by atoms with Crippen molar-refractivity contribution >= 4 is 21.9 Å². The number of hydrogen-bond acceptors (Lipinski definition) is 3. The Balaban J connectivity index is 3.35. The summed E-state index contributed by atoms with van der Waals surface area (Å²) in [4.78, 5) is 14.7. The zero-order valence-corrected chi connectivity index (χ0v) is 10.4. The topological polar surface area (TPSA) is 39.2 Å². The van der Waals surface area contributed by atoms with E-state index >= 15 is 0 Å². The van der Waals surface area contributed by atoms with E-state index in [9.17, 15) is 18.0 Å². The van der Waals surface area contributed by atoms with Gasteiger partial charge in [0.2, 0.25) is 5.95 Å². The first kappa shape index (κ1) is 14.0. The van der Waals surface area contributed by atoms with Crippen molar-refractivity contribution in [1.29, 1.82) is 0 Å². The van der Waals surface area contributed by atoms with Gasteiger partial charge in [0.15, 0.2) is 0 Å². The van der Waals surface area contributed by atoms with Gasteiger partial charge in [0.05, 0.1) is 12.2 Å². The summed E-state index contributed by atoms with van der Waals surface area (Å²) >= 11 is 2.88. The predicted octanol–water partition coefficient (Wildman–Crippen LogP) is 3.23. The number of carbonyl (C=O) groups excluding carboxylic acids is 1. The van der Waals surface area contributed by atoms with Crippen molar-refractivity contribution in [3.05, 3.63) is 28.8 Å². The Morgan fingerprint density at radius 2 is 2.24 bits per heavy atom. The fourth-order valence-electron chi connectivity index (χ4n) is 1.29. The summed E-state index contributed by atoms with van der Waals surface area (Å²) in [6.07, 6.45) is -2.21. The lowest BCUT2D eigenvalue weighted by Crippen LogP contribution is -2.13. The maximum Gasteiger partial charge on any atom is 0.340 e. The number of pyridine rings is 1. The summed E-state index contributed by atoms with van der Waals surface area (Å²) < 4.78 is 43.5. The van der Waals surface area contributed by atoms with Gasteiger partial charge in [-0.2, -0.15) is 4.39 Å². The number of hydrogen-bond donors (Lipinski definition) is 0. The van der Waals surface area contributed by atoms with Crippen LogP contribution in [0.1, 0.15) is 34.8 Å². The van der Waals surface area contributed by atoms with Crippen LogP contribution in [-0.2, 0) is 10.1 Å². The molecule has 0 N–H and O–H groups in total. The first-order chi connectivity index (χ1) is 8.02. The SMILES string of the molecule is CCOC(=O)c1cnc(F)c(CBr)c1C(F)F. The molecule has 0 aliphatic rings. The second-order valence-corrected chi connectivity index (χ2v) is 3.57. The molecule has 1 heterocycles. The molecule has 0 unspecified atom stereocenters. The van der Waals surface area contributed by atoms with Crippen LogP contribution in [0.25, 0.3) is 0 Å². The second kappa shape index (κ2) is 6.00. The Bertz CT molecular complexity index is 426. The van der Waals surface area contributed by atoms with Gasteiger partial charge >= 0.3 is 5.97 Å². The lowest BCUT2D eigenvalue weighted by Gasteiger charge is -2.11. The van der Waals surface area contributed by atoms with E-state index in [2.05, 4.69) is 25.7 Å². The number of carbonyl (C=O) groups is 1. The highest BCUT2D eigenvalue weighted by Gasteiger charge is 2.25. The molecule has 7 heteroatoms. The summed E-state index contributed by atoms with van der Waals surface area (Å²) in [5.74, 6) is -1.96. The third-order valence-electron chi connectivity index (χ3n) is 2.02. The fraction of sp³-hybridized carbons (Fsp3) is 0.400. The minimum atomic E-state index is -2.97. The first-order valence-electron chi connectivity index (χ1n) is 4.71. The van der Waals surface area contributed by atoms with Gasteiger partial charge in [-0.3, -0.25) is 0 Å². The van der Waals surface area contributed by atoms with Crippen molar-refractivity contribution in [2.45, 2.75) is 18.7 Å². The second-order valence-electron chi connectivity index (χ2n) is 3.01. The molecule has 0 aliphatic heterocycles. The van der Waals surface area contributed by atoms with Gasteiger partial charge in [-0.1, -0.05) is 15.9 Å². The van der Waals surface area contributed by atoms with Gasteiger partial charge in [-0.25, -0.2) is 18.6 Å². The smallest absolute Gasteiger partial charge is 0.340 e. The van der Waals surface area contributed by atoms with Crippen molar-refractivity contribution in [3.8, 4) is 0 Å². The van der Waals surface area contributed by atoms with Crippen LogP contribution in [0.3, 0.4) is 0 Å². The van der Waals surface area contributed by atoms with Crippen LogP contribution in [0.15, 0.2) is 6.20 Å². The van der Waals surface area contributed by atoms with E-state index < -0.39 is 29.5 Å². The van der Waals surface area contributed by atoms with Crippen LogP contribution >= 0.6 is 15.9 Å². The molecular weight excluding hydrogens is 303 g/mol. The molecule has 0 radical (unpaired) electrons. The van der Waals surface area contributed by atoms with Crippen molar-refractivity contribution in [1.82, 2.24) is 4.98 Å². The van der Waals surface area contributed by atoms with Crippen LogP contribution < -0.4 is 0 Å². The molecule has 1 rings (SSSR count). The molecule has 3 nitrogen and oxygen atoms in total. The Kier molecular flexibility index (Phi) is 4.92. The molecule has 0 aromatic carbocycles. The van der Waals surface area contributed by atoms with Crippen LogP contribution in [0.4, 0.5) is 13.2 Å². The minimum absolute atomic E-state index is 0.0442. The summed E-state index contributed by atoms with van der Waals surface area (Å²) in [7, 11) is 0. The highest BCUT2D eigenvalue weighted by molar-refractivity contribution is 9.08. The van der Waals surface area contributed by atoms with Crippen LogP contribution in [0, 0.1) is 5.95 Å². The summed E-state index contributed by atoms with van der Waals surface area (Å²) in [6.45, 7) is 1.59.